The van der Waals surface area contributed by atoms with Crippen LogP contribution in [0, 0.1) is 0 Å². The van der Waals surface area contributed by atoms with Crippen molar-refractivity contribution < 1.29 is 9.90 Å². The lowest BCUT2D eigenvalue weighted by atomic mass is 9.94. The van der Waals surface area contributed by atoms with Crippen LogP contribution in [0.1, 0.15) is 42.1 Å². The van der Waals surface area contributed by atoms with Crippen molar-refractivity contribution >= 4 is 5.97 Å². The summed E-state index contributed by atoms with van der Waals surface area (Å²) >= 11 is 0. The largest absolute Gasteiger partial charge is 0.478 e. The maximum atomic E-state index is 11.2. The quantitative estimate of drug-likeness (QED) is 0.884. The van der Waals surface area contributed by atoms with Crippen molar-refractivity contribution in [3.05, 3.63) is 59.7 Å². The fraction of sp³-hybridized carbons (Fsp3) is 0.350. The van der Waals surface area contributed by atoms with E-state index >= 15 is 0 Å². The van der Waals surface area contributed by atoms with Crippen LogP contribution in [-0.2, 0) is 6.42 Å². The minimum absolute atomic E-state index is 0.355. The molecule has 1 heterocycles. The molecule has 1 aliphatic rings. The van der Waals surface area contributed by atoms with Crippen molar-refractivity contribution in [2.24, 2.45) is 0 Å². The molecule has 0 aliphatic carbocycles. The van der Waals surface area contributed by atoms with E-state index in [0.717, 1.165) is 17.5 Å². The number of carboxylic acids is 1. The molecule has 2 aromatic carbocycles. The highest BCUT2D eigenvalue weighted by Crippen LogP contribution is 2.27. The van der Waals surface area contributed by atoms with Crippen molar-refractivity contribution in [1.29, 1.82) is 0 Å². The summed E-state index contributed by atoms with van der Waals surface area (Å²) in [6, 6.07) is 15.0. The molecule has 0 atom stereocenters. The maximum absolute atomic E-state index is 11.2. The molecule has 0 aromatic heterocycles. The average molecular weight is 311 g/mol. The highest BCUT2D eigenvalue weighted by molar-refractivity contribution is 5.96. The Morgan fingerprint density at radius 2 is 1.57 bits per heavy atom. The number of aromatic carboxylic acids is 1. The van der Waals surface area contributed by atoms with Crippen molar-refractivity contribution in [3.63, 3.8) is 0 Å². The highest BCUT2D eigenvalue weighted by Gasteiger charge is 2.12. The van der Waals surface area contributed by atoms with Crippen molar-refractivity contribution in [3.8, 4) is 11.1 Å². The molecule has 23 heavy (non-hydrogen) atoms. The highest BCUT2D eigenvalue weighted by atomic mass is 16.4. The average Bonchev–Trinajstić information content (AvgIpc) is 2.63. The Balaban J connectivity index is 0.000000268. The number of hydrogen-bond acceptors (Lipinski definition) is 2. The van der Waals surface area contributed by atoms with Crippen LogP contribution in [0.5, 0.6) is 0 Å². The van der Waals surface area contributed by atoms with E-state index in [1.807, 2.05) is 36.4 Å². The third kappa shape index (κ3) is 4.93. The number of nitrogens with one attached hydrogen (secondary N) is 1. The van der Waals surface area contributed by atoms with Gasteiger partial charge in [0.1, 0.15) is 0 Å². The van der Waals surface area contributed by atoms with Gasteiger partial charge in [-0.05, 0) is 55.1 Å². The molecule has 0 bridgehead atoms. The van der Waals surface area contributed by atoms with Gasteiger partial charge in [-0.1, -0.05) is 55.8 Å². The number of benzene rings is 2. The van der Waals surface area contributed by atoms with Crippen LogP contribution in [0.25, 0.3) is 11.1 Å². The van der Waals surface area contributed by atoms with E-state index in [2.05, 4.69) is 12.2 Å². The molecule has 0 saturated carbocycles. The Hall–Kier alpha value is -2.13. The van der Waals surface area contributed by atoms with E-state index in [9.17, 15) is 9.90 Å². The summed E-state index contributed by atoms with van der Waals surface area (Å²) in [6.45, 7) is 4.57. The second-order valence-electron chi connectivity index (χ2n) is 5.67. The normalized spacial score (nSPS) is 13.8. The molecule has 1 fully saturated rings. The minimum atomic E-state index is -0.883. The topological polar surface area (TPSA) is 49.3 Å². The van der Waals surface area contributed by atoms with E-state index in [4.69, 9.17) is 0 Å². The van der Waals surface area contributed by atoms with E-state index in [1.54, 1.807) is 12.1 Å². The van der Waals surface area contributed by atoms with Gasteiger partial charge in [0.15, 0.2) is 0 Å². The van der Waals surface area contributed by atoms with Crippen molar-refractivity contribution in [2.75, 3.05) is 13.1 Å². The van der Waals surface area contributed by atoms with Gasteiger partial charge in [-0.3, -0.25) is 0 Å². The first-order valence-electron chi connectivity index (χ1n) is 8.35. The zero-order valence-corrected chi connectivity index (χ0v) is 13.7. The Morgan fingerprint density at radius 3 is 2.09 bits per heavy atom. The van der Waals surface area contributed by atoms with Gasteiger partial charge in [-0.15, -0.1) is 0 Å². The lowest BCUT2D eigenvalue weighted by Crippen LogP contribution is -2.21. The Labute approximate surface area is 138 Å². The monoisotopic (exact) mass is 311 g/mol. The number of carbonyl (C=O) groups is 1. The smallest absolute Gasteiger partial charge is 0.336 e. The van der Waals surface area contributed by atoms with Crippen LogP contribution in [0.3, 0.4) is 0 Å². The molecule has 0 spiro atoms. The van der Waals surface area contributed by atoms with E-state index in [0.29, 0.717) is 5.56 Å². The molecular formula is C20H25NO2. The van der Waals surface area contributed by atoms with Crippen LogP contribution in [0.4, 0.5) is 0 Å². The first kappa shape index (κ1) is 17.2. The second kappa shape index (κ2) is 9.11. The lowest BCUT2D eigenvalue weighted by molar-refractivity contribution is 0.0697. The minimum Gasteiger partial charge on any atom is -0.478 e. The van der Waals surface area contributed by atoms with Gasteiger partial charge in [-0.25, -0.2) is 4.79 Å². The van der Waals surface area contributed by atoms with Crippen LogP contribution < -0.4 is 5.32 Å². The van der Waals surface area contributed by atoms with Gasteiger partial charge in [0, 0.05) is 0 Å². The fourth-order valence-electron chi connectivity index (χ4n) is 2.80. The molecule has 2 N–H and O–H groups in total. The lowest BCUT2D eigenvalue weighted by Gasteiger charge is -2.10. The molecule has 1 saturated heterocycles. The van der Waals surface area contributed by atoms with Gasteiger partial charge in [0.25, 0.3) is 0 Å². The first-order chi connectivity index (χ1) is 11.2. The molecule has 3 heteroatoms. The molecule has 0 amide bonds. The fourth-order valence-corrected chi connectivity index (χ4v) is 2.80. The second-order valence-corrected chi connectivity index (χ2v) is 5.67. The molecule has 3 nitrogen and oxygen atoms in total. The molecule has 122 valence electrons. The summed E-state index contributed by atoms with van der Waals surface area (Å²) in [7, 11) is 0. The number of carboxylic acid groups (broad SMARTS) is 1. The summed E-state index contributed by atoms with van der Waals surface area (Å²) in [4.78, 5) is 11.2. The van der Waals surface area contributed by atoms with Gasteiger partial charge >= 0.3 is 5.97 Å². The van der Waals surface area contributed by atoms with E-state index < -0.39 is 5.97 Å². The van der Waals surface area contributed by atoms with E-state index in [1.165, 1.54) is 37.9 Å². The van der Waals surface area contributed by atoms with Gasteiger partial charge in [-0.2, -0.15) is 0 Å². The van der Waals surface area contributed by atoms with Crippen LogP contribution in [0.2, 0.25) is 0 Å². The van der Waals surface area contributed by atoms with Crippen LogP contribution in [-0.4, -0.2) is 24.2 Å². The van der Waals surface area contributed by atoms with Gasteiger partial charge in [0.2, 0.25) is 0 Å². The number of aryl methyl sites for hydroxylation is 1. The Kier molecular flexibility index (Phi) is 6.82. The standard InChI is InChI=1S/C15H14O2.C5H11N/c1-2-11-7-3-4-8-12(11)13-9-5-6-10-14(13)15(16)17;1-2-4-6-5-3-1/h3-10H,2H2,1H3,(H,16,17);6H,1-5H2. The molecule has 0 unspecified atom stereocenters. The predicted octanol–water partition coefficient (Wildman–Crippen LogP) is 4.37. The van der Waals surface area contributed by atoms with Crippen molar-refractivity contribution in [2.45, 2.75) is 32.6 Å². The Morgan fingerprint density at radius 1 is 0.957 bits per heavy atom. The van der Waals surface area contributed by atoms with Crippen LogP contribution in [0.15, 0.2) is 48.5 Å². The number of rotatable bonds is 3. The Bertz CT molecular complexity index is 622. The summed E-state index contributed by atoms with van der Waals surface area (Å²) in [5.41, 5.74) is 3.32. The summed E-state index contributed by atoms with van der Waals surface area (Å²) < 4.78 is 0. The SMILES string of the molecule is C1CCNCC1.CCc1ccccc1-c1ccccc1C(=O)O. The van der Waals surface area contributed by atoms with E-state index in [-0.39, 0.29) is 0 Å². The summed E-state index contributed by atoms with van der Waals surface area (Å²) in [5.74, 6) is -0.883. The van der Waals surface area contributed by atoms with Gasteiger partial charge in [0.05, 0.1) is 5.56 Å². The third-order valence-electron chi connectivity index (χ3n) is 4.05. The molecular weight excluding hydrogens is 286 g/mol. The third-order valence-corrected chi connectivity index (χ3v) is 4.05. The number of hydrogen-bond donors (Lipinski definition) is 2. The zero-order valence-electron chi connectivity index (χ0n) is 13.7. The molecule has 3 rings (SSSR count). The predicted molar refractivity (Wildman–Crippen MR) is 94.9 cm³/mol. The molecule has 2 aromatic rings. The van der Waals surface area contributed by atoms with Crippen molar-refractivity contribution in [1.82, 2.24) is 5.32 Å². The first-order valence-corrected chi connectivity index (χ1v) is 8.35. The molecule has 0 radical (unpaired) electrons. The maximum Gasteiger partial charge on any atom is 0.336 e. The molecule has 1 aliphatic heterocycles. The number of piperidine rings is 1. The van der Waals surface area contributed by atoms with Crippen LogP contribution >= 0.6 is 0 Å². The summed E-state index contributed by atoms with van der Waals surface area (Å²) in [5, 5.41) is 12.5. The zero-order chi connectivity index (χ0) is 16.5. The summed E-state index contributed by atoms with van der Waals surface area (Å²) in [6.07, 6.45) is 5.11. The van der Waals surface area contributed by atoms with Gasteiger partial charge < -0.3 is 10.4 Å².